The normalized spacial score (nSPS) is 10.5. The Morgan fingerprint density at radius 2 is 2.00 bits per heavy atom. The minimum Gasteiger partial charge on any atom is -0.375 e. The second kappa shape index (κ2) is 7.85. The van der Waals surface area contributed by atoms with Gasteiger partial charge >= 0.3 is 0 Å². The molecule has 1 aromatic heterocycles. The lowest BCUT2D eigenvalue weighted by molar-refractivity contribution is 0.334. The Bertz CT molecular complexity index is 501. The Kier molecular flexibility index (Phi) is 6.79. The molecule has 2 rings (SSSR count). The molecule has 0 fully saturated rings. The smallest absolute Gasteiger partial charge is 0.180 e. The van der Waals surface area contributed by atoms with Crippen LogP contribution in [0.2, 0.25) is 0 Å². The predicted molar refractivity (Wildman–Crippen MR) is 88.0 cm³/mol. The molecule has 0 unspecified atom stereocenters. The van der Waals surface area contributed by atoms with Crippen molar-refractivity contribution in [2.45, 2.75) is 13.0 Å². The van der Waals surface area contributed by atoms with E-state index < -0.39 is 0 Å². The summed E-state index contributed by atoms with van der Waals surface area (Å²) in [6, 6.07) is 8.48. The standard InChI is InChI=1S/C13H16BrN3S.ClH/c1-17(9-12-8-16-13(15)18-12)7-6-10-2-4-11(14)5-3-10;/h2-5,8H,6-7,9H2,1H3,(H2,15,16);1H. The lowest BCUT2D eigenvalue weighted by Gasteiger charge is -2.15. The summed E-state index contributed by atoms with van der Waals surface area (Å²) in [5.74, 6) is 0. The number of benzene rings is 1. The van der Waals surface area contributed by atoms with Crippen molar-refractivity contribution in [3.63, 3.8) is 0 Å². The molecule has 0 bridgehead atoms. The van der Waals surface area contributed by atoms with Gasteiger partial charge in [0.25, 0.3) is 0 Å². The van der Waals surface area contributed by atoms with Crippen molar-refractivity contribution in [3.8, 4) is 0 Å². The number of anilines is 1. The Hall–Kier alpha value is -0.620. The fourth-order valence-electron chi connectivity index (χ4n) is 1.71. The second-order valence-corrected chi connectivity index (χ2v) is 6.34. The van der Waals surface area contributed by atoms with Crippen molar-refractivity contribution in [2.24, 2.45) is 0 Å². The van der Waals surface area contributed by atoms with Crippen LogP contribution >= 0.6 is 39.7 Å². The predicted octanol–water partition coefficient (Wildman–Crippen LogP) is 3.58. The first-order valence-corrected chi connectivity index (χ1v) is 7.37. The van der Waals surface area contributed by atoms with Gasteiger partial charge in [0.15, 0.2) is 5.13 Å². The zero-order chi connectivity index (χ0) is 13.0. The van der Waals surface area contributed by atoms with E-state index in [0.29, 0.717) is 5.13 Å². The van der Waals surface area contributed by atoms with Gasteiger partial charge in [-0.3, -0.25) is 0 Å². The van der Waals surface area contributed by atoms with Crippen molar-refractivity contribution >= 4 is 44.8 Å². The van der Waals surface area contributed by atoms with Gasteiger partial charge in [-0.2, -0.15) is 0 Å². The first kappa shape index (κ1) is 16.4. The fraction of sp³-hybridized carbons (Fsp3) is 0.308. The summed E-state index contributed by atoms with van der Waals surface area (Å²) in [5, 5.41) is 0.645. The van der Waals surface area contributed by atoms with Crippen LogP contribution in [0.3, 0.4) is 0 Å². The number of thiazole rings is 1. The van der Waals surface area contributed by atoms with Crippen molar-refractivity contribution in [1.82, 2.24) is 9.88 Å². The number of nitrogens with zero attached hydrogens (tertiary/aromatic N) is 2. The van der Waals surface area contributed by atoms with Crippen molar-refractivity contribution < 1.29 is 0 Å². The van der Waals surface area contributed by atoms with Crippen LogP contribution in [0.25, 0.3) is 0 Å². The van der Waals surface area contributed by atoms with Gasteiger partial charge in [-0.25, -0.2) is 4.98 Å². The fourth-order valence-corrected chi connectivity index (χ4v) is 2.74. The molecule has 3 nitrogen and oxygen atoms in total. The van der Waals surface area contributed by atoms with Crippen molar-refractivity contribution in [3.05, 3.63) is 45.4 Å². The van der Waals surface area contributed by atoms with E-state index in [0.717, 1.165) is 24.0 Å². The van der Waals surface area contributed by atoms with Gasteiger partial charge in [-0.15, -0.1) is 23.7 Å². The van der Waals surface area contributed by atoms with E-state index in [-0.39, 0.29) is 12.4 Å². The number of nitrogens with two attached hydrogens (primary N) is 1. The van der Waals surface area contributed by atoms with E-state index in [1.807, 2.05) is 6.20 Å². The number of hydrogen-bond acceptors (Lipinski definition) is 4. The number of hydrogen-bond donors (Lipinski definition) is 1. The summed E-state index contributed by atoms with van der Waals surface area (Å²) >= 11 is 5.00. The van der Waals surface area contributed by atoms with Crippen LogP contribution in [-0.4, -0.2) is 23.5 Å². The topological polar surface area (TPSA) is 42.2 Å². The monoisotopic (exact) mass is 361 g/mol. The van der Waals surface area contributed by atoms with Crippen LogP contribution < -0.4 is 5.73 Å². The van der Waals surface area contributed by atoms with Crippen LogP contribution in [0.4, 0.5) is 5.13 Å². The molecule has 0 aliphatic heterocycles. The van der Waals surface area contributed by atoms with Gasteiger partial charge in [0.1, 0.15) is 0 Å². The summed E-state index contributed by atoms with van der Waals surface area (Å²) in [4.78, 5) is 7.56. The Balaban J connectivity index is 0.00000180. The lowest BCUT2D eigenvalue weighted by Crippen LogP contribution is -2.20. The molecular formula is C13H17BrClN3S. The maximum Gasteiger partial charge on any atom is 0.180 e. The minimum atomic E-state index is 0. The molecule has 19 heavy (non-hydrogen) atoms. The molecule has 0 amide bonds. The molecule has 0 aliphatic rings. The molecule has 1 aromatic carbocycles. The van der Waals surface area contributed by atoms with Crippen LogP contribution in [-0.2, 0) is 13.0 Å². The highest BCUT2D eigenvalue weighted by molar-refractivity contribution is 9.10. The first-order chi connectivity index (χ1) is 8.63. The van der Waals surface area contributed by atoms with Gasteiger partial charge in [0.05, 0.1) is 0 Å². The summed E-state index contributed by atoms with van der Waals surface area (Å²) in [5.41, 5.74) is 6.97. The maximum atomic E-state index is 5.62. The van der Waals surface area contributed by atoms with Crippen LogP contribution in [0.1, 0.15) is 10.4 Å². The molecule has 6 heteroatoms. The molecule has 0 aliphatic carbocycles. The van der Waals surface area contributed by atoms with Gasteiger partial charge in [0, 0.05) is 28.6 Å². The lowest BCUT2D eigenvalue weighted by atomic mass is 10.1. The highest BCUT2D eigenvalue weighted by Gasteiger charge is 2.04. The van der Waals surface area contributed by atoms with E-state index in [9.17, 15) is 0 Å². The number of halogens is 2. The third kappa shape index (κ3) is 5.48. The molecule has 1 heterocycles. The van der Waals surface area contributed by atoms with Crippen LogP contribution in [0, 0.1) is 0 Å². The quantitative estimate of drug-likeness (QED) is 0.884. The molecule has 0 spiro atoms. The molecule has 0 radical (unpaired) electrons. The number of likely N-dealkylation sites (N-methyl/N-ethyl adjacent to an activating group) is 1. The summed E-state index contributed by atoms with van der Waals surface area (Å²) in [6.45, 7) is 1.94. The van der Waals surface area contributed by atoms with E-state index in [2.05, 4.69) is 57.1 Å². The molecule has 2 N–H and O–H groups in total. The summed E-state index contributed by atoms with van der Waals surface area (Å²) in [7, 11) is 2.12. The van der Waals surface area contributed by atoms with Crippen molar-refractivity contribution in [1.29, 1.82) is 0 Å². The molecule has 104 valence electrons. The molecule has 0 atom stereocenters. The molecule has 0 saturated carbocycles. The Morgan fingerprint density at radius 1 is 1.32 bits per heavy atom. The van der Waals surface area contributed by atoms with E-state index in [1.165, 1.54) is 10.4 Å². The molecule has 2 aromatic rings. The van der Waals surface area contributed by atoms with E-state index in [4.69, 9.17) is 5.73 Å². The number of rotatable bonds is 5. The van der Waals surface area contributed by atoms with Crippen LogP contribution in [0.15, 0.2) is 34.9 Å². The third-order valence-corrected chi connectivity index (χ3v) is 4.03. The Morgan fingerprint density at radius 3 is 2.58 bits per heavy atom. The maximum absolute atomic E-state index is 5.62. The van der Waals surface area contributed by atoms with E-state index in [1.54, 1.807) is 11.3 Å². The number of aromatic nitrogens is 1. The largest absolute Gasteiger partial charge is 0.375 e. The highest BCUT2D eigenvalue weighted by atomic mass is 79.9. The van der Waals surface area contributed by atoms with Gasteiger partial charge in [-0.1, -0.05) is 28.1 Å². The van der Waals surface area contributed by atoms with E-state index >= 15 is 0 Å². The third-order valence-electron chi connectivity index (χ3n) is 2.69. The number of nitrogen functional groups attached to an aromatic ring is 1. The van der Waals surface area contributed by atoms with Gasteiger partial charge in [0.2, 0.25) is 0 Å². The van der Waals surface area contributed by atoms with Gasteiger partial charge in [-0.05, 0) is 31.2 Å². The second-order valence-electron chi connectivity index (χ2n) is 4.28. The minimum absolute atomic E-state index is 0. The molecule has 0 saturated heterocycles. The average Bonchev–Trinajstić information content (AvgIpc) is 2.74. The zero-order valence-corrected chi connectivity index (χ0v) is 13.9. The average molecular weight is 363 g/mol. The molecular weight excluding hydrogens is 346 g/mol. The van der Waals surface area contributed by atoms with Crippen molar-refractivity contribution in [2.75, 3.05) is 19.3 Å². The summed E-state index contributed by atoms with van der Waals surface area (Å²) in [6.07, 6.45) is 2.91. The Labute approximate surface area is 132 Å². The first-order valence-electron chi connectivity index (χ1n) is 5.76. The zero-order valence-electron chi connectivity index (χ0n) is 10.7. The summed E-state index contributed by atoms with van der Waals surface area (Å²) < 4.78 is 1.12. The van der Waals surface area contributed by atoms with Gasteiger partial charge < -0.3 is 10.6 Å². The van der Waals surface area contributed by atoms with Crippen LogP contribution in [0.5, 0.6) is 0 Å². The SMILES string of the molecule is CN(CCc1ccc(Br)cc1)Cc1cnc(N)s1.Cl. The highest BCUT2D eigenvalue weighted by Crippen LogP contribution is 2.16.